The molecular formula is C8H20F3NOSi2. The molecule has 15 heavy (non-hydrogen) atoms. The average molecular weight is 259 g/mol. The van der Waals surface area contributed by atoms with Gasteiger partial charge >= 0.3 is 6.18 Å². The van der Waals surface area contributed by atoms with Crippen LogP contribution in [-0.4, -0.2) is 38.2 Å². The summed E-state index contributed by atoms with van der Waals surface area (Å²) in [6.07, 6.45) is -6.86. The zero-order valence-electron chi connectivity index (χ0n) is 10.1. The molecule has 0 rings (SSSR count). The van der Waals surface area contributed by atoms with Crippen LogP contribution in [0.3, 0.4) is 0 Å². The SMILES string of the molecule is C[Si](C)(C)N(C(O)C(F)(F)F)[Si](C)(C)C. The Balaban J connectivity index is 5.16. The first kappa shape index (κ1) is 15.1. The Labute approximate surface area is 91.3 Å². The molecule has 1 N–H and O–H groups in total. The lowest BCUT2D eigenvalue weighted by Gasteiger charge is -2.46. The van der Waals surface area contributed by atoms with Gasteiger partial charge in [-0.15, -0.1) is 0 Å². The molecular weight excluding hydrogens is 239 g/mol. The van der Waals surface area contributed by atoms with Gasteiger partial charge in [-0.05, 0) is 0 Å². The van der Waals surface area contributed by atoms with Crippen LogP contribution >= 0.6 is 0 Å². The van der Waals surface area contributed by atoms with Crippen LogP contribution in [0.25, 0.3) is 0 Å². The van der Waals surface area contributed by atoms with Crippen molar-refractivity contribution in [2.75, 3.05) is 0 Å². The van der Waals surface area contributed by atoms with Crippen molar-refractivity contribution in [1.29, 1.82) is 0 Å². The second kappa shape index (κ2) is 4.19. The minimum Gasteiger partial charge on any atom is -0.371 e. The zero-order valence-corrected chi connectivity index (χ0v) is 12.1. The molecule has 0 bridgehead atoms. The molecule has 0 aromatic heterocycles. The van der Waals surface area contributed by atoms with Gasteiger partial charge in [0.2, 0.25) is 0 Å². The molecule has 0 aliphatic carbocycles. The highest BCUT2D eigenvalue weighted by molar-refractivity contribution is 6.89. The summed E-state index contributed by atoms with van der Waals surface area (Å²) in [6, 6.07) is 0. The summed E-state index contributed by atoms with van der Waals surface area (Å²) in [4.78, 5) is 0. The molecule has 0 amide bonds. The van der Waals surface area contributed by atoms with Gasteiger partial charge in [0, 0.05) is 0 Å². The van der Waals surface area contributed by atoms with Crippen molar-refractivity contribution < 1.29 is 18.3 Å². The van der Waals surface area contributed by atoms with Crippen molar-refractivity contribution in [2.45, 2.75) is 51.7 Å². The molecule has 2 nitrogen and oxygen atoms in total. The maximum Gasteiger partial charge on any atom is 0.426 e. The summed E-state index contributed by atoms with van der Waals surface area (Å²) in [5, 5.41) is 9.39. The molecule has 0 aromatic rings. The van der Waals surface area contributed by atoms with E-state index in [9.17, 15) is 18.3 Å². The number of aliphatic hydroxyl groups is 1. The van der Waals surface area contributed by atoms with E-state index in [0.29, 0.717) is 0 Å². The van der Waals surface area contributed by atoms with Crippen LogP contribution in [0, 0.1) is 0 Å². The van der Waals surface area contributed by atoms with Gasteiger partial charge in [-0.25, -0.2) is 0 Å². The number of nitrogens with zero attached hydrogens (tertiary/aromatic N) is 1. The molecule has 0 aliphatic heterocycles. The van der Waals surface area contributed by atoms with Crippen molar-refractivity contribution in [3.05, 3.63) is 0 Å². The fourth-order valence-corrected chi connectivity index (χ4v) is 11.7. The predicted octanol–water partition coefficient (Wildman–Crippen LogP) is 2.84. The lowest BCUT2D eigenvalue weighted by Crippen LogP contribution is -2.66. The van der Waals surface area contributed by atoms with E-state index in [1.54, 1.807) is 0 Å². The van der Waals surface area contributed by atoms with Gasteiger partial charge in [0.25, 0.3) is 0 Å². The lowest BCUT2D eigenvalue weighted by molar-refractivity contribution is -0.226. The van der Waals surface area contributed by atoms with Gasteiger partial charge in [-0.2, -0.15) is 13.2 Å². The van der Waals surface area contributed by atoms with E-state index in [0.717, 1.165) is 0 Å². The topological polar surface area (TPSA) is 23.5 Å². The van der Waals surface area contributed by atoms with Crippen molar-refractivity contribution in [3.63, 3.8) is 0 Å². The van der Waals surface area contributed by atoms with Gasteiger partial charge in [-0.1, -0.05) is 39.3 Å². The normalized spacial score (nSPS) is 17.0. The molecule has 0 spiro atoms. The van der Waals surface area contributed by atoms with Crippen LogP contribution in [0.5, 0.6) is 0 Å². The third-order valence-corrected chi connectivity index (χ3v) is 9.39. The van der Waals surface area contributed by atoms with Gasteiger partial charge in [0.1, 0.15) is 16.5 Å². The molecule has 0 fully saturated rings. The minimum absolute atomic E-state index is 1.33. The smallest absolute Gasteiger partial charge is 0.371 e. The average Bonchev–Trinajstić information content (AvgIpc) is 1.76. The minimum atomic E-state index is -4.56. The van der Waals surface area contributed by atoms with Crippen LogP contribution in [-0.2, 0) is 0 Å². The number of alkyl halides is 3. The van der Waals surface area contributed by atoms with E-state index in [1.165, 1.54) is 4.23 Å². The second-order valence-corrected chi connectivity index (χ2v) is 15.7. The number of hydrogen-bond donors (Lipinski definition) is 1. The Morgan fingerprint density at radius 1 is 0.933 bits per heavy atom. The third-order valence-electron chi connectivity index (χ3n) is 1.98. The first-order valence-electron chi connectivity index (χ1n) is 4.82. The molecule has 0 heterocycles. The molecule has 0 saturated carbocycles. The fourth-order valence-electron chi connectivity index (χ4n) is 1.89. The van der Waals surface area contributed by atoms with E-state index in [2.05, 4.69) is 0 Å². The van der Waals surface area contributed by atoms with Crippen LogP contribution in [0.1, 0.15) is 0 Å². The Kier molecular flexibility index (Phi) is 4.23. The van der Waals surface area contributed by atoms with Crippen molar-refractivity contribution in [2.24, 2.45) is 0 Å². The standard InChI is InChI=1S/C8H20F3NOSi2/c1-14(2,3)12(15(4,5)6)7(13)8(9,10)11/h7,13H,1-6H3. The zero-order chi connectivity index (χ0) is 12.7. The molecule has 7 heteroatoms. The first-order valence-corrected chi connectivity index (χ1v) is 11.7. The van der Waals surface area contributed by atoms with Gasteiger partial charge in [0.15, 0.2) is 6.23 Å². The van der Waals surface area contributed by atoms with Crippen LogP contribution < -0.4 is 0 Å². The molecule has 0 aromatic carbocycles. The number of rotatable bonds is 3. The highest BCUT2D eigenvalue weighted by atomic mass is 28.4. The Hall–Kier alpha value is 0.144. The van der Waals surface area contributed by atoms with Crippen LogP contribution in [0.4, 0.5) is 13.2 Å². The van der Waals surface area contributed by atoms with Crippen molar-refractivity contribution in [1.82, 2.24) is 4.23 Å². The number of halogens is 3. The van der Waals surface area contributed by atoms with Gasteiger partial charge in [0.05, 0.1) is 0 Å². The number of aliphatic hydroxyl groups excluding tert-OH is 1. The maximum atomic E-state index is 12.5. The summed E-state index contributed by atoms with van der Waals surface area (Å²) in [5.41, 5.74) is 0. The Morgan fingerprint density at radius 2 is 1.20 bits per heavy atom. The largest absolute Gasteiger partial charge is 0.426 e. The highest BCUT2D eigenvalue weighted by Crippen LogP contribution is 2.31. The molecule has 1 atom stereocenters. The highest BCUT2D eigenvalue weighted by Gasteiger charge is 2.50. The second-order valence-electron chi connectivity index (χ2n) is 5.63. The van der Waals surface area contributed by atoms with Crippen LogP contribution in [0.2, 0.25) is 39.3 Å². The van der Waals surface area contributed by atoms with E-state index >= 15 is 0 Å². The number of hydrogen-bond acceptors (Lipinski definition) is 2. The summed E-state index contributed by atoms with van der Waals surface area (Å²) < 4.78 is 38.9. The van der Waals surface area contributed by atoms with Crippen molar-refractivity contribution >= 4 is 16.5 Å². The molecule has 0 radical (unpaired) electrons. The quantitative estimate of drug-likeness (QED) is 0.622. The fraction of sp³-hybridized carbons (Fsp3) is 1.00. The van der Waals surface area contributed by atoms with Gasteiger partial charge < -0.3 is 9.34 Å². The molecule has 1 unspecified atom stereocenters. The van der Waals surface area contributed by atoms with E-state index in [1.807, 2.05) is 39.3 Å². The predicted molar refractivity (Wildman–Crippen MR) is 60.6 cm³/mol. The summed E-state index contributed by atoms with van der Waals surface area (Å²) in [5.74, 6) is 0. The summed E-state index contributed by atoms with van der Waals surface area (Å²) in [7, 11) is -4.34. The van der Waals surface area contributed by atoms with Gasteiger partial charge in [-0.3, -0.25) is 0 Å². The first-order chi connectivity index (χ1) is 6.28. The third kappa shape index (κ3) is 4.25. The van der Waals surface area contributed by atoms with Crippen molar-refractivity contribution in [3.8, 4) is 0 Å². The molecule has 0 saturated heterocycles. The monoisotopic (exact) mass is 259 g/mol. The van der Waals surface area contributed by atoms with E-state index in [4.69, 9.17) is 0 Å². The Bertz CT molecular complexity index is 205. The summed E-state index contributed by atoms with van der Waals surface area (Å²) >= 11 is 0. The molecule has 0 aliphatic rings. The van der Waals surface area contributed by atoms with Crippen LogP contribution in [0.15, 0.2) is 0 Å². The Morgan fingerprint density at radius 3 is 1.27 bits per heavy atom. The lowest BCUT2D eigenvalue weighted by atomic mass is 10.6. The van der Waals surface area contributed by atoms with E-state index < -0.39 is 28.9 Å². The maximum absolute atomic E-state index is 12.5. The summed E-state index contributed by atoms with van der Waals surface area (Å²) in [6.45, 7) is 10.9. The molecule has 92 valence electrons. The van der Waals surface area contributed by atoms with E-state index in [-0.39, 0.29) is 0 Å².